The van der Waals surface area contributed by atoms with E-state index in [2.05, 4.69) is 74.7 Å². The molecular weight excluding hydrogens is 707 g/mol. The minimum absolute atomic E-state index is 0.0665. The van der Waals surface area contributed by atoms with Crippen LogP contribution in [0.1, 0.15) is 239 Å². The van der Waals surface area contributed by atoms with Gasteiger partial charge >= 0.3 is 5.97 Å². The summed E-state index contributed by atoms with van der Waals surface area (Å²) in [4.78, 5) is 26.0. The van der Waals surface area contributed by atoms with Gasteiger partial charge in [0.05, 0.1) is 25.2 Å². The summed E-state index contributed by atoms with van der Waals surface area (Å²) in [6, 6.07) is -0.704. The normalized spacial score (nSPS) is 13.7. The number of nitrogens with one attached hydrogen (secondary N) is 1. The second kappa shape index (κ2) is 44.9. The van der Waals surface area contributed by atoms with Gasteiger partial charge in [0.15, 0.2) is 0 Å². The van der Waals surface area contributed by atoms with Crippen LogP contribution in [0, 0.1) is 0 Å². The lowest BCUT2D eigenvalue weighted by molar-refractivity contribution is -0.151. The fraction of sp³-hybridized carbons (Fsp3) is 0.804. The SMILES string of the molecule is CC/C=C/C/C=C/C/C=C/CCCCCCCCC(=O)OC(CCCCCCC/C=C\CCCCCC)CC(=O)NC(CO)C(O)CCCCCCCCCCC. The summed E-state index contributed by atoms with van der Waals surface area (Å²) in [5.74, 6) is -0.496. The number of carbonyl (C=O) groups is 2. The van der Waals surface area contributed by atoms with E-state index in [0.717, 1.165) is 89.9 Å². The third-order valence-corrected chi connectivity index (χ3v) is 10.9. The molecule has 3 atom stereocenters. The molecule has 0 spiro atoms. The van der Waals surface area contributed by atoms with Crippen LogP contribution in [0.3, 0.4) is 0 Å². The van der Waals surface area contributed by atoms with Gasteiger partial charge < -0.3 is 20.3 Å². The van der Waals surface area contributed by atoms with Crippen LogP contribution in [0.15, 0.2) is 48.6 Å². The van der Waals surface area contributed by atoms with Crippen LogP contribution < -0.4 is 5.32 Å². The monoisotopic (exact) mass is 800 g/mol. The molecule has 0 saturated carbocycles. The minimum Gasteiger partial charge on any atom is -0.462 e. The van der Waals surface area contributed by atoms with Crippen LogP contribution in [0.5, 0.6) is 0 Å². The lowest BCUT2D eigenvalue weighted by atomic mass is 10.0. The van der Waals surface area contributed by atoms with E-state index >= 15 is 0 Å². The number of hydrogen-bond donors (Lipinski definition) is 3. The van der Waals surface area contributed by atoms with Crippen LogP contribution in [0.2, 0.25) is 0 Å². The van der Waals surface area contributed by atoms with Gasteiger partial charge in [0.1, 0.15) is 6.10 Å². The molecule has 0 aromatic rings. The second-order valence-electron chi connectivity index (χ2n) is 16.5. The van der Waals surface area contributed by atoms with Crippen LogP contribution in [0.4, 0.5) is 0 Å². The zero-order chi connectivity index (χ0) is 41.7. The summed E-state index contributed by atoms with van der Waals surface area (Å²) in [5.41, 5.74) is 0. The molecule has 1 amide bonds. The molecule has 0 aliphatic heterocycles. The van der Waals surface area contributed by atoms with Crippen molar-refractivity contribution in [2.45, 2.75) is 257 Å². The highest BCUT2D eigenvalue weighted by molar-refractivity contribution is 5.77. The fourth-order valence-electron chi connectivity index (χ4n) is 7.20. The standard InChI is InChI=1S/C51H93NO5/c1-4-7-10-13-16-19-21-23-24-25-27-29-32-35-38-41-44-51(56)57-47(42-39-36-33-31-28-26-22-20-17-14-11-8-5-2)45-50(55)52-48(46-53)49(54)43-40-37-34-30-18-15-12-9-6-3/h7,10,16,19-20,22-24,47-49,53-54H,4-6,8-9,11-15,17-18,21,25-46H2,1-3H3,(H,52,55)/b10-7+,19-16+,22-20-,24-23+. The van der Waals surface area contributed by atoms with Gasteiger partial charge in [-0.15, -0.1) is 0 Å². The Kier molecular flexibility index (Phi) is 43.2. The van der Waals surface area contributed by atoms with E-state index in [-0.39, 0.29) is 24.9 Å². The molecule has 57 heavy (non-hydrogen) atoms. The number of amides is 1. The summed E-state index contributed by atoms with van der Waals surface area (Å²) in [5, 5.41) is 23.6. The maximum absolute atomic E-state index is 13.1. The fourth-order valence-corrected chi connectivity index (χ4v) is 7.20. The molecule has 3 unspecified atom stereocenters. The summed E-state index contributed by atoms with van der Waals surface area (Å²) < 4.78 is 5.91. The third kappa shape index (κ3) is 40.4. The van der Waals surface area contributed by atoms with E-state index in [1.165, 1.54) is 103 Å². The summed E-state index contributed by atoms with van der Waals surface area (Å²) in [6.45, 7) is 6.33. The van der Waals surface area contributed by atoms with Gasteiger partial charge in [0, 0.05) is 6.42 Å². The molecule has 0 aliphatic rings. The van der Waals surface area contributed by atoms with Crippen molar-refractivity contribution in [3.05, 3.63) is 48.6 Å². The van der Waals surface area contributed by atoms with E-state index in [1.54, 1.807) is 0 Å². The molecule has 0 saturated heterocycles. The Balaban J connectivity index is 4.60. The Bertz CT molecular complexity index is 988. The predicted octanol–water partition coefficient (Wildman–Crippen LogP) is 14.3. The molecule has 0 aliphatic carbocycles. The van der Waals surface area contributed by atoms with Crippen molar-refractivity contribution in [2.24, 2.45) is 0 Å². The van der Waals surface area contributed by atoms with Crippen molar-refractivity contribution < 1.29 is 24.5 Å². The number of allylic oxidation sites excluding steroid dienone is 8. The molecule has 3 N–H and O–H groups in total. The molecule has 0 heterocycles. The van der Waals surface area contributed by atoms with Crippen molar-refractivity contribution in [1.82, 2.24) is 5.32 Å². The first-order valence-corrected chi connectivity index (χ1v) is 24.4. The van der Waals surface area contributed by atoms with Crippen molar-refractivity contribution in [3.63, 3.8) is 0 Å². The van der Waals surface area contributed by atoms with Crippen molar-refractivity contribution in [1.29, 1.82) is 0 Å². The lowest BCUT2D eigenvalue weighted by Crippen LogP contribution is -2.46. The summed E-state index contributed by atoms with van der Waals surface area (Å²) in [6.07, 6.45) is 53.1. The molecule has 0 aromatic carbocycles. The van der Waals surface area contributed by atoms with Gasteiger partial charge in [-0.25, -0.2) is 0 Å². The molecule has 0 aromatic heterocycles. The molecule has 332 valence electrons. The number of rotatable bonds is 43. The van der Waals surface area contributed by atoms with Gasteiger partial charge in [-0.3, -0.25) is 9.59 Å². The van der Waals surface area contributed by atoms with Gasteiger partial charge in [0.2, 0.25) is 5.91 Å². The topological polar surface area (TPSA) is 95.9 Å². The zero-order valence-corrected chi connectivity index (χ0v) is 37.7. The number of carbonyl (C=O) groups excluding carboxylic acids is 2. The van der Waals surface area contributed by atoms with E-state index in [4.69, 9.17) is 4.74 Å². The lowest BCUT2D eigenvalue weighted by Gasteiger charge is -2.24. The number of aliphatic hydroxyl groups is 2. The maximum atomic E-state index is 13.1. The quantitative estimate of drug-likeness (QED) is 0.0324. The van der Waals surface area contributed by atoms with Gasteiger partial charge in [-0.05, 0) is 83.5 Å². The Labute approximate surface area is 353 Å². The first-order chi connectivity index (χ1) is 28.0. The number of ether oxygens (including phenoxy) is 1. The highest BCUT2D eigenvalue weighted by atomic mass is 16.5. The Morgan fingerprint density at radius 2 is 0.947 bits per heavy atom. The highest BCUT2D eigenvalue weighted by Gasteiger charge is 2.24. The molecule has 0 radical (unpaired) electrons. The van der Waals surface area contributed by atoms with Crippen molar-refractivity contribution in [2.75, 3.05) is 6.61 Å². The molecule has 0 rings (SSSR count). The third-order valence-electron chi connectivity index (χ3n) is 10.9. The van der Waals surface area contributed by atoms with Crippen LogP contribution >= 0.6 is 0 Å². The summed E-state index contributed by atoms with van der Waals surface area (Å²) in [7, 11) is 0. The van der Waals surface area contributed by atoms with Crippen LogP contribution in [-0.4, -0.2) is 46.9 Å². The molecular formula is C51H93NO5. The first-order valence-electron chi connectivity index (χ1n) is 24.4. The highest BCUT2D eigenvalue weighted by Crippen LogP contribution is 2.17. The average Bonchev–Trinajstić information content (AvgIpc) is 3.20. The van der Waals surface area contributed by atoms with Crippen molar-refractivity contribution in [3.8, 4) is 0 Å². The minimum atomic E-state index is -0.790. The molecule has 0 fully saturated rings. The molecule has 0 bridgehead atoms. The number of esters is 1. The van der Waals surface area contributed by atoms with E-state index in [9.17, 15) is 19.8 Å². The molecule has 6 heteroatoms. The van der Waals surface area contributed by atoms with Crippen molar-refractivity contribution >= 4 is 11.9 Å². The smallest absolute Gasteiger partial charge is 0.306 e. The van der Waals surface area contributed by atoms with Crippen LogP contribution in [-0.2, 0) is 14.3 Å². The Morgan fingerprint density at radius 1 is 0.526 bits per heavy atom. The summed E-state index contributed by atoms with van der Waals surface area (Å²) >= 11 is 0. The first kappa shape index (κ1) is 54.8. The van der Waals surface area contributed by atoms with E-state index in [0.29, 0.717) is 19.3 Å². The Hall–Kier alpha value is -2.18. The van der Waals surface area contributed by atoms with E-state index < -0.39 is 18.2 Å². The zero-order valence-electron chi connectivity index (χ0n) is 37.7. The largest absolute Gasteiger partial charge is 0.462 e. The number of hydrogen-bond acceptors (Lipinski definition) is 5. The Morgan fingerprint density at radius 3 is 1.47 bits per heavy atom. The number of aliphatic hydroxyl groups excluding tert-OH is 2. The van der Waals surface area contributed by atoms with Gasteiger partial charge in [-0.2, -0.15) is 0 Å². The van der Waals surface area contributed by atoms with Crippen LogP contribution in [0.25, 0.3) is 0 Å². The molecule has 6 nitrogen and oxygen atoms in total. The number of unbranched alkanes of at least 4 members (excludes halogenated alkanes) is 23. The van der Waals surface area contributed by atoms with Gasteiger partial charge in [0.25, 0.3) is 0 Å². The maximum Gasteiger partial charge on any atom is 0.306 e. The van der Waals surface area contributed by atoms with Gasteiger partial charge in [-0.1, -0.05) is 191 Å². The average molecular weight is 800 g/mol. The second-order valence-corrected chi connectivity index (χ2v) is 16.5. The van der Waals surface area contributed by atoms with E-state index in [1.807, 2.05) is 0 Å². The predicted molar refractivity (Wildman–Crippen MR) is 245 cm³/mol.